The summed E-state index contributed by atoms with van der Waals surface area (Å²) < 4.78 is 9.86. The molecule has 0 unspecified atom stereocenters. The molecule has 1 rings (SSSR count). The van der Waals surface area contributed by atoms with Crippen LogP contribution in [0.1, 0.15) is 34.6 Å². The predicted octanol–water partition coefficient (Wildman–Crippen LogP) is 1.55. The average molecular weight is 294 g/mol. The van der Waals surface area contributed by atoms with Gasteiger partial charge in [-0.3, -0.25) is 0 Å². The summed E-state index contributed by atoms with van der Waals surface area (Å²) in [7, 11) is 1.25. The van der Waals surface area contributed by atoms with Crippen LogP contribution in [0.15, 0.2) is 18.2 Å². The third kappa shape index (κ3) is 4.46. The highest BCUT2D eigenvalue weighted by atomic mass is 16.5. The van der Waals surface area contributed by atoms with E-state index in [4.69, 9.17) is 10.5 Å². The largest absolute Gasteiger partial charge is 0.465 e. The van der Waals surface area contributed by atoms with E-state index < -0.39 is 11.9 Å². The molecule has 0 saturated heterocycles. The molecular weight excluding hydrogens is 272 g/mol. The molecule has 0 aliphatic rings. The maximum Gasteiger partial charge on any atom is 0.341 e. The predicted molar refractivity (Wildman–Crippen MR) is 80.3 cm³/mol. The summed E-state index contributed by atoms with van der Waals surface area (Å²) >= 11 is 0. The van der Waals surface area contributed by atoms with Gasteiger partial charge in [-0.15, -0.1) is 0 Å². The maximum atomic E-state index is 12.1. The van der Waals surface area contributed by atoms with E-state index in [0.717, 1.165) is 13.1 Å². The lowest BCUT2D eigenvalue weighted by molar-refractivity contribution is 0.0453. The van der Waals surface area contributed by atoms with Gasteiger partial charge in [-0.05, 0) is 25.2 Å². The number of methoxy groups -OCH3 is 1. The fourth-order valence-electron chi connectivity index (χ4n) is 1.96. The zero-order chi connectivity index (χ0) is 15.8. The van der Waals surface area contributed by atoms with E-state index in [1.54, 1.807) is 12.1 Å². The van der Waals surface area contributed by atoms with E-state index in [1.807, 2.05) is 13.8 Å². The van der Waals surface area contributed by atoms with Gasteiger partial charge in [0, 0.05) is 12.2 Å². The first kappa shape index (κ1) is 17.0. The highest BCUT2D eigenvalue weighted by Gasteiger charge is 2.21. The van der Waals surface area contributed by atoms with Gasteiger partial charge >= 0.3 is 11.9 Å². The number of nitrogens with two attached hydrogens (primary N) is 1. The van der Waals surface area contributed by atoms with Crippen molar-refractivity contribution in [3.63, 3.8) is 0 Å². The number of hydrogen-bond donors (Lipinski definition) is 1. The van der Waals surface area contributed by atoms with Crippen molar-refractivity contribution in [2.24, 2.45) is 0 Å². The van der Waals surface area contributed by atoms with E-state index in [0.29, 0.717) is 6.54 Å². The van der Waals surface area contributed by atoms with E-state index in [9.17, 15) is 9.59 Å². The lowest BCUT2D eigenvalue weighted by Gasteiger charge is -2.18. The fourth-order valence-corrected chi connectivity index (χ4v) is 1.96. The highest BCUT2D eigenvalue weighted by molar-refractivity contribution is 6.06. The average Bonchev–Trinajstić information content (AvgIpc) is 2.50. The molecule has 0 heterocycles. The zero-order valence-electron chi connectivity index (χ0n) is 12.7. The van der Waals surface area contributed by atoms with E-state index >= 15 is 0 Å². The Kier molecular flexibility index (Phi) is 6.68. The van der Waals surface area contributed by atoms with Crippen LogP contribution in [0, 0.1) is 0 Å². The van der Waals surface area contributed by atoms with Crippen molar-refractivity contribution in [3.8, 4) is 0 Å². The molecule has 1 aromatic carbocycles. The number of rotatable bonds is 7. The molecule has 0 aromatic heterocycles. The lowest BCUT2D eigenvalue weighted by Crippen LogP contribution is -2.28. The molecule has 0 amide bonds. The van der Waals surface area contributed by atoms with Crippen LogP contribution in [0.5, 0.6) is 0 Å². The Hall–Kier alpha value is -2.08. The van der Waals surface area contributed by atoms with E-state index in [1.165, 1.54) is 13.2 Å². The summed E-state index contributed by atoms with van der Waals surface area (Å²) in [5.41, 5.74) is 6.15. The first-order chi connectivity index (χ1) is 10.0. The minimum atomic E-state index is -0.613. The number of hydrogen-bond acceptors (Lipinski definition) is 6. The second-order valence-electron chi connectivity index (χ2n) is 4.42. The molecule has 0 radical (unpaired) electrons. The summed E-state index contributed by atoms with van der Waals surface area (Å²) in [5, 5.41) is 0. The van der Waals surface area contributed by atoms with Gasteiger partial charge in [0.15, 0.2) is 0 Å². The van der Waals surface area contributed by atoms with Gasteiger partial charge in [0.2, 0.25) is 0 Å². The van der Waals surface area contributed by atoms with Gasteiger partial charge < -0.3 is 20.1 Å². The summed E-state index contributed by atoms with van der Waals surface area (Å²) in [4.78, 5) is 25.9. The second kappa shape index (κ2) is 8.26. The summed E-state index contributed by atoms with van der Waals surface area (Å²) in [6, 6.07) is 4.63. The minimum absolute atomic E-state index is 0.0592. The number of nitrogen functional groups attached to an aromatic ring is 1. The molecule has 0 aliphatic carbocycles. The van der Waals surface area contributed by atoms with Crippen molar-refractivity contribution in [1.82, 2.24) is 4.90 Å². The highest BCUT2D eigenvalue weighted by Crippen LogP contribution is 2.19. The minimum Gasteiger partial charge on any atom is -0.465 e. The molecule has 2 N–H and O–H groups in total. The van der Waals surface area contributed by atoms with E-state index in [-0.39, 0.29) is 23.4 Å². The van der Waals surface area contributed by atoms with Gasteiger partial charge in [-0.2, -0.15) is 0 Å². The molecule has 1 aromatic rings. The van der Waals surface area contributed by atoms with Crippen molar-refractivity contribution >= 4 is 17.6 Å². The van der Waals surface area contributed by atoms with Gasteiger partial charge in [0.1, 0.15) is 6.61 Å². The van der Waals surface area contributed by atoms with E-state index in [2.05, 4.69) is 9.64 Å². The smallest absolute Gasteiger partial charge is 0.341 e. The molecule has 116 valence electrons. The monoisotopic (exact) mass is 294 g/mol. The number of anilines is 1. The number of carbonyl (C=O) groups is 2. The van der Waals surface area contributed by atoms with Crippen molar-refractivity contribution in [2.45, 2.75) is 13.8 Å². The van der Waals surface area contributed by atoms with Crippen LogP contribution in [0.2, 0.25) is 0 Å². The Labute approximate surface area is 124 Å². The fraction of sp³-hybridized carbons (Fsp3) is 0.467. The van der Waals surface area contributed by atoms with Gasteiger partial charge in [-0.1, -0.05) is 19.9 Å². The number of benzene rings is 1. The maximum absolute atomic E-state index is 12.1. The molecule has 0 spiro atoms. The van der Waals surface area contributed by atoms with Gasteiger partial charge in [-0.25, -0.2) is 9.59 Å². The lowest BCUT2D eigenvalue weighted by atomic mass is 10.1. The molecule has 0 atom stereocenters. The molecule has 0 saturated carbocycles. The van der Waals surface area contributed by atoms with Crippen LogP contribution in [0.25, 0.3) is 0 Å². The van der Waals surface area contributed by atoms with Crippen LogP contribution in [-0.4, -0.2) is 50.2 Å². The molecule has 21 heavy (non-hydrogen) atoms. The third-order valence-corrected chi connectivity index (χ3v) is 3.24. The first-order valence-electron chi connectivity index (χ1n) is 6.91. The number of nitrogens with zero attached hydrogens (tertiary/aromatic N) is 1. The van der Waals surface area contributed by atoms with Gasteiger partial charge in [0.25, 0.3) is 0 Å². The molecule has 0 fully saturated rings. The third-order valence-electron chi connectivity index (χ3n) is 3.24. The quantitative estimate of drug-likeness (QED) is 0.607. The van der Waals surface area contributed by atoms with Crippen LogP contribution in [-0.2, 0) is 9.47 Å². The van der Waals surface area contributed by atoms with Crippen LogP contribution >= 0.6 is 0 Å². The van der Waals surface area contributed by atoms with Crippen LogP contribution < -0.4 is 5.73 Å². The standard InChI is InChI=1S/C15H22N2O4/c1-4-17(5-2)9-10-21-15(19)13-11(14(18)20-3)7-6-8-12(13)16/h6-8H,4-5,9-10,16H2,1-3H3. The summed E-state index contributed by atoms with van der Waals surface area (Å²) in [6.07, 6.45) is 0. The summed E-state index contributed by atoms with van der Waals surface area (Å²) in [6.45, 7) is 6.73. The Bertz CT molecular complexity index is 498. The van der Waals surface area contributed by atoms with Crippen molar-refractivity contribution in [2.75, 3.05) is 39.1 Å². The Balaban J connectivity index is 2.80. The molecule has 6 nitrogen and oxygen atoms in total. The van der Waals surface area contributed by atoms with Crippen molar-refractivity contribution in [3.05, 3.63) is 29.3 Å². The van der Waals surface area contributed by atoms with Crippen LogP contribution in [0.4, 0.5) is 5.69 Å². The number of carbonyl (C=O) groups excluding carboxylic acids is 2. The molecule has 0 bridgehead atoms. The van der Waals surface area contributed by atoms with Crippen molar-refractivity contribution in [1.29, 1.82) is 0 Å². The first-order valence-corrected chi connectivity index (χ1v) is 6.91. The second-order valence-corrected chi connectivity index (χ2v) is 4.42. The normalized spacial score (nSPS) is 10.5. The zero-order valence-corrected chi connectivity index (χ0v) is 12.7. The van der Waals surface area contributed by atoms with Gasteiger partial charge in [0.05, 0.1) is 18.2 Å². The van der Waals surface area contributed by atoms with Crippen molar-refractivity contribution < 1.29 is 19.1 Å². The molecular formula is C15H22N2O4. The number of likely N-dealkylation sites (N-methyl/N-ethyl adjacent to an activating group) is 1. The Morgan fingerprint density at radius 3 is 2.43 bits per heavy atom. The topological polar surface area (TPSA) is 81.9 Å². The SMILES string of the molecule is CCN(CC)CCOC(=O)c1c(N)cccc1C(=O)OC. The Morgan fingerprint density at radius 1 is 1.19 bits per heavy atom. The summed E-state index contributed by atoms with van der Waals surface area (Å²) in [5.74, 6) is -1.22. The molecule has 6 heteroatoms. The number of ether oxygens (including phenoxy) is 2. The van der Waals surface area contributed by atoms with Crippen LogP contribution in [0.3, 0.4) is 0 Å². The Morgan fingerprint density at radius 2 is 1.86 bits per heavy atom. The molecule has 0 aliphatic heterocycles. The number of esters is 2.